The SMILES string of the molecule is CN(Cc1ccccc1)S(=O)(=O)c1ccc(NC(=O)COc2ccc(S(C)(=O)=O)cc2)cc1. The molecule has 0 spiro atoms. The van der Waals surface area contributed by atoms with Crippen LogP contribution in [0.4, 0.5) is 5.69 Å². The van der Waals surface area contributed by atoms with Gasteiger partial charge in [-0.2, -0.15) is 4.31 Å². The number of ether oxygens (including phenoxy) is 1. The molecule has 3 rings (SSSR count). The Balaban J connectivity index is 1.56. The van der Waals surface area contributed by atoms with E-state index in [2.05, 4.69) is 5.32 Å². The predicted octanol–water partition coefficient (Wildman–Crippen LogP) is 2.93. The van der Waals surface area contributed by atoms with Gasteiger partial charge in [0.25, 0.3) is 5.91 Å². The number of hydrogen-bond donors (Lipinski definition) is 1. The average Bonchev–Trinajstić information content (AvgIpc) is 2.78. The van der Waals surface area contributed by atoms with E-state index in [1.54, 1.807) is 0 Å². The van der Waals surface area contributed by atoms with Gasteiger partial charge in [-0.3, -0.25) is 4.79 Å². The van der Waals surface area contributed by atoms with Gasteiger partial charge >= 0.3 is 0 Å². The molecule has 3 aromatic rings. The van der Waals surface area contributed by atoms with Crippen molar-refractivity contribution in [3.8, 4) is 5.75 Å². The second-order valence-corrected chi connectivity index (χ2v) is 11.4. The molecule has 1 amide bonds. The number of carbonyl (C=O) groups excluding carboxylic acids is 1. The quantitative estimate of drug-likeness (QED) is 0.496. The van der Waals surface area contributed by atoms with Crippen molar-refractivity contribution in [1.82, 2.24) is 4.31 Å². The van der Waals surface area contributed by atoms with Crippen LogP contribution in [-0.4, -0.2) is 47.0 Å². The monoisotopic (exact) mass is 488 g/mol. The fourth-order valence-electron chi connectivity index (χ4n) is 2.94. The summed E-state index contributed by atoms with van der Waals surface area (Å²) < 4.78 is 55.2. The maximum atomic E-state index is 12.8. The van der Waals surface area contributed by atoms with Crippen molar-refractivity contribution in [2.45, 2.75) is 16.3 Å². The minimum absolute atomic E-state index is 0.112. The zero-order valence-corrected chi connectivity index (χ0v) is 19.8. The van der Waals surface area contributed by atoms with Crippen molar-refractivity contribution in [1.29, 1.82) is 0 Å². The fourth-order valence-corrected chi connectivity index (χ4v) is 4.73. The molecule has 3 aromatic carbocycles. The van der Waals surface area contributed by atoms with Crippen molar-refractivity contribution in [2.24, 2.45) is 0 Å². The van der Waals surface area contributed by atoms with Crippen LogP contribution in [-0.2, 0) is 31.2 Å². The van der Waals surface area contributed by atoms with Crippen LogP contribution < -0.4 is 10.1 Å². The third-order valence-corrected chi connectivity index (χ3v) is 7.66. The molecule has 0 bridgehead atoms. The Morgan fingerprint density at radius 1 is 0.848 bits per heavy atom. The normalized spacial score (nSPS) is 11.8. The van der Waals surface area contributed by atoms with E-state index >= 15 is 0 Å². The predicted molar refractivity (Wildman–Crippen MR) is 125 cm³/mol. The van der Waals surface area contributed by atoms with Gasteiger partial charge < -0.3 is 10.1 Å². The first-order chi connectivity index (χ1) is 15.6. The van der Waals surface area contributed by atoms with Crippen LogP contribution in [0.1, 0.15) is 5.56 Å². The molecule has 0 aliphatic carbocycles. The van der Waals surface area contributed by atoms with E-state index in [0.29, 0.717) is 11.4 Å². The lowest BCUT2D eigenvalue weighted by atomic mass is 10.2. The molecule has 0 fully saturated rings. The fraction of sp³-hybridized carbons (Fsp3) is 0.174. The number of anilines is 1. The lowest BCUT2D eigenvalue weighted by Gasteiger charge is -2.17. The Morgan fingerprint density at radius 2 is 1.42 bits per heavy atom. The maximum Gasteiger partial charge on any atom is 0.262 e. The van der Waals surface area contributed by atoms with E-state index in [1.807, 2.05) is 30.3 Å². The van der Waals surface area contributed by atoms with Crippen LogP contribution in [0.3, 0.4) is 0 Å². The molecule has 10 heteroatoms. The molecule has 0 aliphatic rings. The van der Waals surface area contributed by atoms with Crippen molar-refractivity contribution >= 4 is 31.5 Å². The van der Waals surface area contributed by atoms with Gasteiger partial charge in [0.2, 0.25) is 10.0 Å². The highest BCUT2D eigenvalue weighted by molar-refractivity contribution is 7.90. The average molecular weight is 489 g/mol. The third-order valence-electron chi connectivity index (χ3n) is 4.72. The Labute approximate surface area is 193 Å². The Bertz CT molecular complexity index is 1310. The third kappa shape index (κ3) is 6.64. The molecule has 0 heterocycles. The summed E-state index contributed by atoms with van der Waals surface area (Å²) in [5.74, 6) is -0.0977. The molecule has 0 aromatic heterocycles. The van der Waals surface area contributed by atoms with Crippen molar-refractivity contribution in [3.63, 3.8) is 0 Å². The topological polar surface area (TPSA) is 110 Å². The largest absolute Gasteiger partial charge is 0.484 e. The lowest BCUT2D eigenvalue weighted by Crippen LogP contribution is -2.26. The minimum Gasteiger partial charge on any atom is -0.484 e. The molecule has 0 unspecified atom stereocenters. The minimum atomic E-state index is -3.69. The summed E-state index contributed by atoms with van der Waals surface area (Å²) in [4.78, 5) is 12.4. The van der Waals surface area contributed by atoms with Gasteiger partial charge in [-0.05, 0) is 54.1 Å². The van der Waals surface area contributed by atoms with E-state index < -0.39 is 25.8 Å². The standard InChI is InChI=1S/C23H24N2O6S2/c1-25(16-18-6-4-3-5-7-18)33(29,30)22-12-8-19(9-13-22)24-23(26)17-31-20-10-14-21(15-11-20)32(2,27)28/h3-15H,16-17H2,1-2H3,(H,24,26). The van der Waals surface area contributed by atoms with Gasteiger partial charge in [0, 0.05) is 25.5 Å². The van der Waals surface area contributed by atoms with Gasteiger partial charge in [-0.25, -0.2) is 16.8 Å². The summed E-state index contributed by atoms with van der Waals surface area (Å²) in [6.07, 6.45) is 1.11. The first kappa shape index (κ1) is 24.4. The highest BCUT2D eigenvalue weighted by Crippen LogP contribution is 2.20. The number of rotatable bonds is 9. The Morgan fingerprint density at radius 3 is 2.00 bits per heavy atom. The smallest absolute Gasteiger partial charge is 0.262 e. The van der Waals surface area contributed by atoms with Crippen LogP contribution in [0.2, 0.25) is 0 Å². The summed E-state index contributed by atoms with van der Waals surface area (Å²) >= 11 is 0. The molecule has 0 atom stereocenters. The molecule has 0 radical (unpaired) electrons. The number of nitrogens with one attached hydrogen (secondary N) is 1. The molecule has 0 saturated heterocycles. The summed E-state index contributed by atoms with van der Waals surface area (Å²) in [5.41, 5.74) is 1.29. The van der Waals surface area contributed by atoms with E-state index in [9.17, 15) is 21.6 Å². The van der Waals surface area contributed by atoms with Crippen LogP contribution in [0.5, 0.6) is 5.75 Å². The summed E-state index contributed by atoms with van der Waals surface area (Å²) in [7, 11) is -5.49. The molecule has 174 valence electrons. The van der Waals surface area contributed by atoms with Gasteiger partial charge in [0.15, 0.2) is 16.4 Å². The summed E-state index contributed by atoms with van der Waals surface area (Å²) in [5, 5.41) is 2.63. The molecule has 33 heavy (non-hydrogen) atoms. The number of sulfone groups is 1. The van der Waals surface area contributed by atoms with Crippen LogP contribution in [0, 0.1) is 0 Å². The van der Waals surface area contributed by atoms with Crippen molar-refractivity contribution in [2.75, 3.05) is 25.2 Å². The number of carbonyl (C=O) groups is 1. The zero-order valence-electron chi connectivity index (χ0n) is 18.1. The van der Waals surface area contributed by atoms with Crippen LogP contribution in [0.25, 0.3) is 0 Å². The van der Waals surface area contributed by atoms with E-state index in [-0.39, 0.29) is 22.9 Å². The van der Waals surface area contributed by atoms with E-state index in [1.165, 1.54) is 59.9 Å². The molecular formula is C23H24N2O6S2. The highest BCUT2D eigenvalue weighted by Gasteiger charge is 2.21. The second kappa shape index (κ2) is 10.2. The number of nitrogens with zero attached hydrogens (tertiary/aromatic N) is 1. The lowest BCUT2D eigenvalue weighted by molar-refractivity contribution is -0.118. The highest BCUT2D eigenvalue weighted by atomic mass is 32.2. The first-order valence-electron chi connectivity index (χ1n) is 9.89. The summed E-state index contributed by atoms with van der Waals surface area (Å²) in [6, 6.07) is 20.9. The van der Waals surface area contributed by atoms with Crippen molar-refractivity contribution in [3.05, 3.63) is 84.4 Å². The Hall–Kier alpha value is -3.21. The van der Waals surface area contributed by atoms with Crippen molar-refractivity contribution < 1.29 is 26.4 Å². The van der Waals surface area contributed by atoms with Gasteiger partial charge in [-0.1, -0.05) is 30.3 Å². The number of benzene rings is 3. The molecule has 8 nitrogen and oxygen atoms in total. The first-order valence-corrected chi connectivity index (χ1v) is 13.2. The van der Waals surface area contributed by atoms with E-state index in [0.717, 1.165) is 11.8 Å². The summed E-state index contributed by atoms with van der Waals surface area (Å²) in [6.45, 7) is -0.0533. The molecule has 1 N–H and O–H groups in total. The van der Waals surface area contributed by atoms with Gasteiger partial charge in [-0.15, -0.1) is 0 Å². The second-order valence-electron chi connectivity index (χ2n) is 7.35. The molecule has 0 saturated carbocycles. The van der Waals surface area contributed by atoms with Gasteiger partial charge in [0.05, 0.1) is 9.79 Å². The Kier molecular flexibility index (Phi) is 7.52. The van der Waals surface area contributed by atoms with Gasteiger partial charge in [0.1, 0.15) is 5.75 Å². The maximum absolute atomic E-state index is 12.8. The zero-order chi connectivity index (χ0) is 24.1. The number of hydrogen-bond acceptors (Lipinski definition) is 6. The number of sulfonamides is 1. The number of amides is 1. The molecular weight excluding hydrogens is 464 g/mol. The molecule has 0 aliphatic heterocycles. The van der Waals surface area contributed by atoms with E-state index in [4.69, 9.17) is 4.74 Å². The van der Waals surface area contributed by atoms with Crippen LogP contribution >= 0.6 is 0 Å². The van der Waals surface area contributed by atoms with Crippen LogP contribution in [0.15, 0.2) is 88.7 Å².